The number of anilines is 1. The molecule has 0 aliphatic heterocycles. The summed E-state index contributed by atoms with van der Waals surface area (Å²) in [5, 5.41) is 7.76. The van der Waals surface area contributed by atoms with Crippen LogP contribution in [0.4, 0.5) is 10.1 Å². The standard InChI is InChI=1S/C10H14FNO4S/c1-7(6-13)17(14,15)12-10-5-8(16-2)3-4-9(10)11/h3-5,7,12-13H,6H2,1-2H3. The molecule has 0 bridgehead atoms. The van der Waals surface area contributed by atoms with Gasteiger partial charge in [0.05, 0.1) is 19.4 Å². The number of nitrogens with one attached hydrogen (secondary N) is 1. The van der Waals surface area contributed by atoms with Gasteiger partial charge in [-0.1, -0.05) is 0 Å². The summed E-state index contributed by atoms with van der Waals surface area (Å²) in [6, 6.07) is 3.71. The number of rotatable bonds is 5. The number of hydrogen-bond acceptors (Lipinski definition) is 4. The van der Waals surface area contributed by atoms with Crippen LogP contribution in [-0.2, 0) is 10.0 Å². The molecule has 0 aliphatic rings. The molecular formula is C10H14FNO4S. The van der Waals surface area contributed by atoms with E-state index in [1.807, 2.05) is 0 Å². The van der Waals surface area contributed by atoms with Crippen molar-refractivity contribution in [2.24, 2.45) is 0 Å². The molecule has 0 aliphatic carbocycles. The summed E-state index contributed by atoms with van der Waals surface area (Å²) in [6.45, 7) is 0.779. The summed E-state index contributed by atoms with van der Waals surface area (Å²) in [7, 11) is -2.42. The van der Waals surface area contributed by atoms with Crippen molar-refractivity contribution in [3.05, 3.63) is 24.0 Å². The van der Waals surface area contributed by atoms with Gasteiger partial charge in [0.15, 0.2) is 0 Å². The first-order valence-electron chi connectivity index (χ1n) is 4.86. The Kier molecular flexibility index (Phi) is 4.30. The summed E-state index contributed by atoms with van der Waals surface area (Å²) in [5.74, 6) is -0.375. The minimum atomic E-state index is -3.81. The Hall–Kier alpha value is -1.34. The highest BCUT2D eigenvalue weighted by Crippen LogP contribution is 2.22. The second-order valence-electron chi connectivity index (χ2n) is 3.49. The van der Waals surface area contributed by atoms with Crippen molar-refractivity contribution in [1.29, 1.82) is 0 Å². The van der Waals surface area contributed by atoms with Crippen LogP contribution in [-0.4, -0.2) is 32.5 Å². The van der Waals surface area contributed by atoms with E-state index >= 15 is 0 Å². The van der Waals surface area contributed by atoms with Gasteiger partial charge >= 0.3 is 0 Å². The van der Waals surface area contributed by atoms with Crippen molar-refractivity contribution in [3.8, 4) is 5.75 Å². The lowest BCUT2D eigenvalue weighted by Crippen LogP contribution is -2.28. The van der Waals surface area contributed by atoms with E-state index in [2.05, 4.69) is 4.72 Å². The maximum absolute atomic E-state index is 13.4. The second kappa shape index (κ2) is 5.33. The van der Waals surface area contributed by atoms with Crippen LogP contribution in [0.2, 0.25) is 0 Å². The first-order chi connectivity index (χ1) is 7.90. The van der Waals surface area contributed by atoms with Crippen LogP contribution in [0.1, 0.15) is 6.92 Å². The number of sulfonamides is 1. The number of benzene rings is 1. The van der Waals surface area contributed by atoms with E-state index in [4.69, 9.17) is 9.84 Å². The van der Waals surface area contributed by atoms with Crippen molar-refractivity contribution >= 4 is 15.7 Å². The van der Waals surface area contributed by atoms with Gasteiger partial charge in [-0.2, -0.15) is 0 Å². The third-order valence-electron chi connectivity index (χ3n) is 2.21. The topological polar surface area (TPSA) is 75.6 Å². The Morgan fingerprint density at radius 1 is 1.53 bits per heavy atom. The molecule has 1 rings (SSSR count). The van der Waals surface area contributed by atoms with Crippen LogP contribution >= 0.6 is 0 Å². The van der Waals surface area contributed by atoms with E-state index in [0.29, 0.717) is 5.75 Å². The summed E-state index contributed by atoms with van der Waals surface area (Å²) < 4.78 is 43.5. The van der Waals surface area contributed by atoms with Crippen LogP contribution in [0.3, 0.4) is 0 Å². The molecule has 0 heterocycles. The number of ether oxygens (including phenoxy) is 1. The lowest BCUT2D eigenvalue weighted by atomic mass is 10.3. The minimum absolute atomic E-state index is 0.204. The van der Waals surface area contributed by atoms with Gasteiger partial charge in [0.1, 0.15) is 16.8 Å². The highest BCUT2D eigenvalue weighted by molar-refractivity contribution is 7.93. The molecule has 0 amide bonds. The summed E-state index contributed by atoms with van der Waals surface area (Å²) in [6.07, 6.45) is 0. The smallest absolute Gasteiger partial charge is 0.237 e. The predicted molar refractivity (Wildman–Crippen MR) is 62.0 cm³/mol. The van der Waals surface area contributed by atoms with Crippen LogP contribution in [0.25, 0.3) is 0 Å². The van der Waals surface area contributed by atoms with E-state index in [1.165, 1.54) is 26.2 Å². The molecular weight excluding hydrogens is 249 g/mol. The molecule has 0 aromatic heterocycles. The lowest BCUT2D eigenvalue weighted by Gasteiger charge is -2.13. The van der Waals surface area contributed by atoms with Gasteiger partial charge in [-0.05, 0) is 19.1 Å². The Balaban J connectivity index is 3.02. The zero-order chi connectivity index (χ0) is 13.1. The fraction of sp³-hybridized carbons (Fsp3) is 0.400. The molecule has 1 aromatic rings. The summed E-state index contributed by atoms with van der Waals surface area (Å²) in [4.78, 5) is 0. The number of aliphatic hydroxyl groups excluding tert-OH is 1. The fourth-order valence-electron chi connectivity index (χ4n) is 1.06. The third-order valence-corrected chi connectivity index (χ3v) is 3.93. The van der Waals surface area contributed by atoms with E-state index in [-0.39, 0.29) is 5.69 Å². The normalized spacial score (nSPS) is 13.2. The average Bonchev–Trinajstić information content (AvgIpc) is 2.30. The zero-order valence-electron chi connectivity index (χ0n) is 9.47. The third kappa shape index (κ3) is 3.31. The first kappa shape index (κ1) is 13.7. The second-order valence-corrected chi connectivity index (χ2v) is 5.58. The van der Waals surface area contributed by atoms with Gasteiger partial charge < -0.3 is 9.84 Å². The SMILES string of the molecule is COc1ccc(F)c(NS(=O)(=O)C(C)CO)c1. The Morgan fingerprint density at radius 3 is 2.71 bits per heavy atom. The molecule has 0 saturated heterocycles. The molecule has 0 saturated carbocycles. The summed E-state index contributed by atoms with van der Waals surface area (Å²) >= 11 is 0. The van der Waals surface area contributed by atoms with Crippen molar-refractivity contribution in [2.75, 3.05) is 18.4 Å². The van der Waals surface area contributed by atoms with E-state index in [9.17, 15) is 12.8 Å². The van der Waals surface area contributed by atoms with Crippen LogP contribution in [0.5, 0.6) is 5.75 Å². The van der Waals surface area contributed by atoms with Crippen LogP contribution in [0.15, 0.2) is 18.2 Å². The van der Waals surface area contributed by atoms with Gasteiger partial charge in [-0.3, -0.25) is 4.72 Å². The first-order valence-corrected chi connectivity index (χ1v) is 6.41. The number of hydrogen-bond donors (Lipinski definition) is 2. The maximum Gasteiger partial charge on any atom is 0.237 e. The quantitative estimate of drug-likeness (QED) is 0.829. The minimum Gasteiger partial charge on any atom is -0.497 e. The summed E-state index contributed by atoms with van der Waals surface area (Å²) in [5.41, 5.74) is -0.204. The maximum atomic E-state index is 13.4. The van der Waals surface area contributed by atoms with E-state index in [1.54, 1.807) is 0 Å². The molecule has 17 heavy (non-hydrogen) atoms. The average molecular weight is 263 g/mol. The monoisotopic (exact) mass is 263 g/mol. The molecule has 7 heteroatoms. The molecule has 1 unspecified atom stereocenters. The van der Waals surface area contributed by atoms with Gasteiger partial charge in [0.2, 0.25) is 10.0 Å². The highest BCUT2D eigenvalue weighted by atomic mass is 32.2. The molecule has 1 aromatic carbocycles. The van der Waals surface area contributed by atoms with Crippen LogP contribution in [0, 0.1) is 5.82 Å². The van der Waals surface area contributed by atoms with Crippen molar-refractivity contribution < 1.29 is 22.7 Å². The molecule has 0 spiro atoms. The Labute approximate surface area is 99.3 Å². The highest BCUT2D eigenvalue weighted by Gasteiger charge is 2.21. The van der Waals surface area contributed by atoms with Crippen molar-refractivity contribution in [3.63, 3.8) is 0 Å². The zero-order valence-corrected chi connectivity index (χ0v) is 10.3. The molecule has 2 N–H and O–H groups in total. The largest absolute Gasteiger partial charge is 0.497 e. The Morgan fingerprint density at radius 2 is 2.18 bits per heavy atom. The lowest BCUT2D eigenvalue weighted by molar-refractivity contribution is 0.296. The number of aliphatic hydroxyl groups is 1. The Bertz CT molecular complexity index is 489. The number of methoxy groups -OCH3 is 1. The van der Waals surface area contributed by atoms with Gasteiger partial charge in [-0.15, -0.1) is 0 Å². The van der Waals surface area contributed by atoms with Gasteiger partial charge in [0, 0.05) is 6.07 Å². The number of halogens is 1. The molecule has 96 valence electrons. The van der Waals surface area contributed by atoms with Crippen molar-refractivity contribution in [1.82, 2.24) is 0 Å². The van der Waals surface area contributed by atoms with Crippen LogP contribution < -0.4 is 9.46 Å². The molecule has 0 radical (unpaired) electrons. The molecule has 1 atom stereocenters. The van der Waals surface area contributed by atoms with E-state index < -0.39 is 27.7 Å². The predicted octanol–water partition coefficient (Wildman–Crippen LogP) is 0.957. The molecule has 5 nitrogen and oxygen atoms in total. The van der Waals surface area contributed by atoms with E-state index in [0.717, 1.165) is 6.07 Å². The fourth-order valence-corrected chi connectivity index (χ4v) is 1.92. The van der Waals surface area contributed by atoms with Gasteiger partial charge in [-0.25, -0.2) is 12.8 Å². The van der Waals surface area contributed by atoms with Crippen molar-refractivity contribution in [2.45, 2.75) is 12.2 Å². The van der Waals surface area contributed by atoms with Gasteiger partial charge in [0.25, 0.3) is 0 Å². The molecule has 0 fully saturated rings.